The zero-order valence-electron chi connectivity index (χ0n) is 20.3. The van der Waals surface area contributed by atoms with E-state index in [2.05, 4.69) is 102 Å². The van der Waals surface area contributed by atoms with Crippen LogP contribution in [0.2, 0.25) is 0 Å². The maximum atomic E-state index is 4.93. The van der Waals surface area contributed by atoms with Gasteiger partial charge < -0.3 is 19.4 Å². The van der Waals surface area contributed by atoms with Crippen molar-refractivity contribution < 1.29 is 17.1 Å². The molecule has 0 bridgehead atoms. The predicted molar refractivity (Wildman–Crippen MR) is 134 cm³/mol. The summed E-state index contributed by atoms with van der Waals surface area (Å²) < 4.78 is 2.18. The SMILES string of the molecule is CC(=Nc1c(C)cccc1C)c1ccc(C(C)=Nc2c(C)cccc2C)n1C.[CH3-].[CH3-].[Fe+2]. The molecule has 0 saturated heterocycles. The average Bonchev–Trinajstić information content (AvgIpc) is 3.03. The van der Waals surface area contributed by atoms with Crippen LogP contribution in [0.5, 0.6) is 0 Å². The van der Waals surface area contributed by atoms with Gasteiger partial charge in [-0.2, -0.15) is 0 Å². The van der Waals surface area contributed by atoms with E-state index in [1.807, 2.05) is 0 Å². The number of aliphatic imine (C=N–C) groups is 2. The van der Waals surface area contributed by atoms with Crippen LogP contribution in [-0.2, 0) is 24.1 Å². The second-order valence-electron chi connectivity index (χ2n) is 7.54. The summed E-state index contributed by atoms with van der Waals surface area (Å²) in [6.07, 6.45) is 0. The molecule has 1 aromatic heterocycles. The molecule has 0 radical (unpaired) electrons. The molecule has 0 atom stereocenters. The maximum Gasteiger partial charge on any atom is 2.00 e. The minimum Gasteiger partial charge on any atom is -0.358 e. The molecule has 0 fully saturated rings. The number of aromatic nitrogens is 1. The van der Waals surface area contributed by atoms with Gasteiger partial charge in [0.25, 0.3) is 0 Å². The van der Waals surface area contributed by atoms with Gasteiger partial charge in [0, 0.05) is 7.05 Å². The maximum absolute atomic E-state index is 4.93. The van der Waals surface area contributed by atoms with Gasteiger partial charge in [-0.05, 0) is 75.9 Å². The fourth-order valence-electron chi connectivity index (χ4n) is 3.65. The van der Waals surface area contributed by atoms with Gasteiger partial charge in [0.05, 0.1) is 34.2 Å². The van der Waals surface area contributed by atoms with E-state index in [0.717, 1.165) is 34.2 Å². The zero-order chi connectivity index (χ0) is 20.4. The Hall–Kier alpha value is -2.42. The molecule has 0 amide bonds. The molecular formula is C27H35FeN3. The van der Waals surface area contributed by atoms with Gasteiger partial charge in [0.1, 0.15) is 0 Å². The number of rotatable bonds is 4. The van der Waals surface area contributed by atoms with Crippen LogP contribution < -0.4 is 0 Å². The van der Waals surface area contributed by atoms with Crippen LogP contribution in [0.3, 0.4) is 0 Å². The molecule has 0 aliphatic rings. The Kier molecular flexibility index (Phi) is 10.9. The van der Waals surface area contributed by atoms with Crippen molar-refractivity contribution in [2.24, 2.45) is 17.0 Å². The first-order valence-corrected chi connectivity index (χ1v) is 9.69. The van der Waals surface area contributed by atoms with Crippen molar-refractivity contribution >= 4 is 22.8 Å². The molecule has 3 aromatic rings. The molecule has 0 aliphatic heterocycles. The smallest absolute Gasteiger partial charge is 0.358 e. The van der Waals surface area contributed by atoms with Crippen molar-refractivity contribution in [3.63, 3.8) is 0 Å². The first-order chi connectivity index (χ1) is 13.3. The third-order valence-corrected chi connectivity index (χ3v) is 5.30. The largest absolute Gasteiger partial charge is 2.00 e. The summed E-state index contributed by atoms with van der Waals surface area (Å²) in [6, 6.07) is 16.8. The van der Waals surface area contributed by atoms with Crippen molar-refractivity contribution in [1.29, 1.82) is 0 Å². The molecule has 3 nitrogen and oxygen atoms in total. The topological polar surface area (TPSA) is 29.6 Å². The Bertz CT molecular complexity index is 962. The van der Waals surface area contributed by atoms with Gasteiger partial charge in [0.2, 0.25) is 0 Å². The Balaban J connectivity index is 0.00000300. The molecule has 0 aliphatic carbocycles. The van der Waals surface area contributed by atoms with E-state index in [0.29, 0.717) is 0 Å². The molecule has 3 rings (SSSR count). The molecule has 166 valence electrons. The van der Waals surface area contributed by atoms with E-state index in [9.17, 15) is 0 Å². The van der Waals surface area contributed by atoms with Crippen LogP contribution in [0.1, 0.15) is 47.5 Å². The van der Waals surface area contributed by atoms with Crippen LogP contribution in [0.25, 0.3) is 0 Å². The second kappa shape index (κ2) is 11.8. The molecule has 4 heteroatoms. The fourth-order valence-corrected chi connectivity index (χ4v) is 3.65. The van der Waals surface area contributed by atoms with Crippen molar-refractivity contribution in [2.75, 3.05) is 0 Å². The van der Waals surface area contributed by atoms with Crippen molar-refractivity contribution in [3.05, 3.63) is 97.0 Å². The molecule has 31 heavy (non-hydrogen) atoms. The minimum atomic E-state index is 0. The number of nitrogens with zero attached hydrogens (tertiary/aromatic N) is 3. The standard InChI is InChI=1S/C25H29N3.2CH3.Fe/c1-16-10-8-11-17(2)24(16)26-20(5)22-14-15-23(28(22)7)21(6)27-25-18(3)12-9-13-19(25)4;;;/h8-15H,1-7H3;2*1H3;/q;2*-1;+2. The Morgan fingerprint density at radius 3 is 1.19 bits per heavy atom. The van der Waals surface area contributed by atoms with E-state index < -0.39 is 0 Å². The first kappa shape index (κ1) is 28.6. The van der Waals surface area contributed by atoms with E-state index in [1.165, 1.54) is 22.3 Å². The molecular weight excluding hydrogens is 422 g/mol. The van der Waals surface area contributed by atoms with Gasteiger partial charge in [-0.1, -0.05) is 36.4 Å². The quantitative estimate of drug-likeness (QED) is 0.221. The van der Waals surface area contributed by atoms with Crippen LogP contribution in [0, 0.1) is 42.5 Å². The third kappa shape index (κ3) is 6.06. The summed E-state index contributed by atoms with van der Waals surface area (Å²) in [4.78, 5) is 9.86. The van der Waals surface area contributed by atoms with E-state index in [1.54, 1.807) is 0 Å². The van der Waals surface area contributed by atoms with Gasteiger partial charge in [0.15, 0.2) is 0 Å². The Morgan fingerprint density at radius 1 is 0.613 bits per heavy atom. The summed E-state index contributed by atoms with van der Waals surface area (Å²) in [7, 11) is 2.08. The number of hydrogen-bond acceptors (Lipinski definition) is 2. The monoisotopic (exact) mass is 457 g/mol. The fraction of sp³-hybridized carbons (Fsp3) is 0.259. The summed E-state index contributed by atoms with van der Waals surface area (Å²) in [6.45, 7) is 12.6. The van der Waals surface area contributed by atoms with Gasteiger partial charge in [-0.15, -0.1) is 0 Å². The third-order valence-electron chi connectivity index (χ3n) is 5.30. The Labute approximate surface area is 199 Å². The molecule has 0 unspecified atom stereocenters. The average molecular weight is 457 g/mol. The summed E-state index contributed by atoms with van der Waals surface area (Å²) in [5, 5.41) is 0. The Morgan fingerprint density at radius 2 is 0.903 bits per heavy atom. The van der Waals surface area contributed by atoms with Crippen LogP contribution in [-0.4, -0.2) is 16.0 Å². The molecule has 0 saturated carbocycles. The summed E-state index contributed by atoms with van der Waals surface area (Å²) in [5.74, 6) is 0. The zero-order valence-corrected chi connectivity index (χ0v) is 21.4. The van der Waals surface area contributed by atoms with Crippen molar-refractivity contribution in [3.8, 4) is 0 Å². The molecule has 1 heterocycles. The van der Waals surface area contributed by atoms with E-state index in [-0.39, 0.29) is 31.9 Å². The molecule has 2 aromatic carbocycles. The van der Waals surface area contributed by atoms with Crippen molar-refractivity contribution in [2.45, 2.75) is 41.5 Å². The van der Waals surface area contributed by atoms with E-state index >= 15 is 0 Å². The minimum absolute atomic E-state index is 0. The van der Waals surface area contributed by atoms with Crippen LogP contribution in [0.4, 0.5) is 11.4 Å². The predicted octanol–water partition coefficient (Wildman–Crippen LogP) is 7.44. The van der Waals surface area contributed by atoms with E-state index in [4.69, 9.17) is 9.98 Å². The first-order valence-electron chi connectivity index (χ1n) is 9.69. The van der Waals surface area contributed by atoms with Gasteiger partial charge >= 0.3 is 17.1 Å². The van der Waals surface area contributed by atoms with Gasteiger partial charge in [-0.3, -0.25) is 9.98 Å². The number of para-hydroxylation sites is 2. The van der Waals surface area contributed by atoms with Crippen molar-refractivity contribution in [1.82, 2.24) is 4.57 Å². The van der Waals surface area contributed by atoms with Crippen LogP contribution >= 0.6 is 0 Å². The second-order valence-corrected chi connectivity index (χ2v) is 7.54. The normalized spacial score (nSPS) is 11.3. The summed E-state index contributed by atoms with van der Waals surface area (Å²) in [5.41, 5.74) is 11.1. The van der Waals surface area contributed by atoms with Gasteiger partial charge in [-0.25, -0.2) is 0 Å². The van der Waals surface area contributed by atoms with Crippen LogP contribution in [0.15, 0.2) is 58.5 Å². The molecule has 0 spiro atoms. The molecule has 0 N–H and O–H groups in total. The number of hydrogen-bond donors (Lipinski definition) is 0. The number of benzene rings is 2. The number of aryl methyl sites for hydroxylation is 4. The summed E-state index contributed by atoms with van der Waals surface area (Å²) >= 11 is 0.